The van der Waals surface area contributed by atoms with Crippen molar-refractivity contribution in [1.82, 2.24) is 0 Å². The molecule has 62 valence electrons. The topological polar surface area (TPSA) is 18.5 Å². The van der Waals surface area contributed by atoms with Gasteiger partial charge in [-0.2, -0.15) is 5.75 Å². The zero-order chi connectivity index (χ0) is 8.04. The van der Waals surface area contributed by atoms with E-state index < -0.39 is 8.56 Å². The molecule has 0 fully saturated rings. The van der Waals surface area contributed by atoms with Crippen molar-refractivity contribution >= 4 is 21.2 Å². The number of rotatable bonds is 5. The van der Waals surface area contributed by atoms with Crippen molar-refractivity contribution < 1.29 is 27.7 Å². The summed E-state index contributed by atoms with van der Waals surface area (Å²) < 4.78 is 10.5. The third-order valence-corrected chi connectivity index (χ3v) is 4.92. The summed E-state index contributed by atoms with van der Waals surface area (Å²) in [5, 5.41) is 0. The van der Waals surface area contributed by atoms with Crippen LogP contribution in [0.2, 0.25) is 12.6 Å². The van der Waals surface area contributed by atoms with Crippen molar-refractivity contribution in [2.75, 3.05) is 20.0 Å². The zero-order valence-corrected chi connectivity index (χ0v) is 9.66. The Morgan fingerprint density at radius 1 is 1.27 bits per heavy atom. The first kappa shape index (κ1) is 14.6. The van der Waals surface area contributed by atoms with Crippen LogP contribution >= 0.6 is 0 Å². The Labute approximate surface area is 87.9 Å². The summed E-state index contributed by atoms with van der Waals surface area (Å²) in [6.07, 6.45) is 1.03. The monoisotopic (exact) mass is 186 g/mol. The Kier molecular flexibility index (Phi) is 10.2. The van der Waals surface area contributed by atoms with Crippen molar-refractivity contribution in [1.29, 1.82) is 0 Å². The Morgan fingerprint density at radius 3 is 2.00 bits per heavy atom. The van der Waals surface area contributed by atoms with E-state index in [1.54, 1.807) is 14.2 Å². The van der Waals surface area contributed by atoms with Gasteiger partial charge in [-0.05, 0) is 12.6 Å². The van der Waals surface area contributed by atoms with E-state index >= 15 is 0 Å². The maximum atomic E-state index is 5.26. The largest absolute Gasteiger partial charge is 1.00 e. The van der Waals surface area contributed by atoms with E-state index in [0.29, 0.717) is 0 Å². The van der Waals surface area contributed by atoms with Crippen molar-refractivity contribution in [3.8, 4) is 0 Å². The van der Waals surface area contributed by atoms with Gasteiger partial charge in [0.25, 0.3) is 0 Å². The van der Waals surface area contributed by atoms with Gasteiger partial charge >= 0.3 is 27.4 Å². The third kappa shape index (κ3) is 6.26. The first-order chi connectivity index (χ1) is 4.68. The van der Waals surface area contributed by atoms with Gasteiger partial charge in [0.1, 0.15) is 0 Å². The van der Waals surface area contributed by atoms with Crippen LogP contribution in [0.15, 0.2) is 0 Å². The number of hydrogen-bond donors (Lipinski definition) is 0. The Balaban J connectivity index is 0. The average molecular weight is 186 g/mol. The molecule has 0 amide bonds. The van der Waals surface area contributed by atoms with E-state index in [9.17, 15) is 0 Å². The molecule has 2 nitrogen and oxygen atoms in total. The Bertz CT molecular complexity index is 90.7. The molecular weight excluding hydrogens is 171 g/mol. The van der Waals surface area contributed by atoms with Gasteiger partial charge in [-0.25, -0.2) is 0 Å². The fourth-order valence-electron chi connectivity index (χ4n) is 0.681. The molecule has 0 atom stereocenters. The van der Waals surface area contributed by atoms with Gasteiger partial charge in [-0.3, -0.25) is 0 Å². The minimum atomic E-state index is -1.78. The maximum absolute atomic E-state index is 5.26. The molecule has 0 bridgehead atoms. The van der Waals surface area contributed by atoms with Crippen molar-refractivity contribution in [2.24, 2.45) is 0 Å². The maximum Gasteiger partial charge on any atom is 1.00 e. The average Bonchev–Trinajstić information content (AvgIpc) is 2.00. The molecule has 11 heavy (non-hydrogen) atoms. The summed E-state index contributed by atoms with van der Waals surface area (Å²) in [6.45, 7) is 2.05. The van der Waals surface area contributed by atoms with Gasteiger partial charge in [0.15, 0.2) is 0 Å². The van der Waals surface area contributed by atoms with Gasteiger partial charge in [0.05, 0.1) is 0 Å². The molecule has 0 N–H and O–H groups in total. The van der Waals surface area contributed by atoms with Gasteiger partial charge in [-0.15, -0.1) is 0 Å². The van der Waals surface area contributed by atoms with Crippen LogP contribution in [0.25, 0.3) is 0 Å². The predicted octanol–water partition coefficient (Wildman–Crippen LogP) is -1.71. The quantitative estimate of drug-likeness (QED) is 0.376. The molecule has 0 aromatic rings. The fourth-order valence-corrected chi connectivity index (χ4v) is 2.48. The predicted molar refractivity (Wildman–Crippen MR) is 47.3 cm³/mol. The van der Waals surface area contributed by atoms with Crippen LogP contribution in [0.4, 0.5) is 0 Å². The summed E-state index contributed by atoms with van der Waals surface area (Å²) >= 11 is 4.83. The molecule has 0 aliphatic carbocycles. The minimum Gasteiger partial charge on any atom is -0.793 e. The van der Waals surface area contributed by atoms with E-state index in [0.717, 1.165) is 18.2 Å². The first-order valence-electron chi connectivity index (χ1n) is 3.37. The fraction of sp³-hybridized carbons (Fsp3) is 1.00. The molecular formula is C6H15LiO2SSi. The molecule has 0 saturated carbocycles. The molecule has 0 heterocycles. The van der Waals surface area contributed by atoms with E-state index in [1.807, 2.05) is 0 Å². The molecule has 0 saturated heterocycles. The van der Waals surface area contributed by atoms with Crippen LogP contribution in [0.3, 0.4) is 0 Å². The second-order valence-electron chi connectivity index (χ2n) is 2.35. The second-order valence-corrected chi connectivity index (χ2v) is 6.34. The molecule has 0 aliphatic rings. The van der Waals surface area contributed by atoms with Crippen molar-refractivity contribution in [2.45, 2.75) is 19.0 Å². The normalized spacial score (nSPS) is 10.9. The first-order valence-corrected chi connectivity index (χ1v) is 6.47. The van der Waals surface area contributed by atoms with E-state index in [1.165, 1.54) is 0 Å². The number of hydrogen-bond acceptors (Lipinski definition) is 3. The van der Waals surface area contributed by atoms with Gasteiger partial charge in [-0.1, -0.05) is 6.42 Å². The van der Waals surface area contributed by atoms with Crippen LogP contribution in [-0.2, 0) is 21.5 Å². The molecule has 0 aliphatic heterocycles. The van der Waals surface area contributed by atoms with Crippen LogP contribution in [0.1, 0.15) is 6.42 Å². The molecule has 0 rings (SSSR count). The van der Waals surface area contributed by atoms with Gasteiger partial charge in [0.2, 0.25) is 0 Å². The van der Waals surface area contributed by atoms with Crippen LogP contribution in [-0.4, -0.2) is 28.5 Å². The van der Waals surface area contributed by atoms with E-state index in [2.05, 4.69) is 6.55 Å². The van der Waals surface area contributed by atoms with Gasteiger partial charge in [0, 0.05) is 14.2 Å². The van der Waals surface area contributed by atoms with Crippen molar-refractivity contribution in [3.63, 3.8) is 0 Å². The Hall–Kier alpha value is 1.08. The van der Waals surface area contributed by atoms with Gasteiger partial charge < -0.3 is 21.5 Å². The molecule has 0 unspecified atom stereocenters. The van der Waals surface area contributed by atoms with Crippen LogP contribution in [0.5, 0.6) is 0 Å². The summed E-state index contributed by atoms with van der Waals surface area (Å²) in [7, 11) is 1.63. The standard InChI is InChI=1S/C6H16O2SSi.Li/c1-7-10(3,8-2)6-4-5-9;/h9H,4-6H2,1-3H3;/q;+1/p-1. The van der Waals surface area contributed by atoms with Crippen molar-refractivity contribution in [3.05, 3.63) is 0 Å². The SMILES string of the molecule is CO[Si](C)(CCC[S-])OC.[Li+]. The minimum absolute atomic E-state index is 0. The summed E-state index contributed by atoms with van der Waals surface area (Å²) in [6, 6.07) is 1.00. The summed E-state index contributed by atoms with van der Waals surface area (Å²) in [4.78, 5) is 0. The van der Waals surface area contributed by atoms with Crippen LogP contribution in [0, 0.1) is 0 Å². The molecule has 0 radical (unpaired) electrons. The molecule has 0 spiro atoms. The van der Waals surface area contributed by atoms with E-state index in [4.69, 9.17) is 21.5 Å². The zero-order valence-electron chi connectivity index (χ0n) is 7.85. The smallest absolute Gasteiger partial charge is 0.793 e. The summed E-state index contributed by atoms with van der Waals surface area (Å²) in [5.41, 5.74) is 0. The summed E-state index contributed by atoms with van der Waals surface area (Å²) in [5.74, 6) is 0.801. The molecule has 0 aromatic carbocycles. The Morgan fingerprint density at radius 2 is 1.73 bits per heavy atom. The molecule has 0 aromatic heterocycles. The second kappa shape index (κ2) is 7.72. The molecule has 5 heteroatoms. The van der Waals surface area contributed by atoms with E-state index in [-0.39, 0.29) is 18.9 Å². The van der Waals surface area contributed by atoms with Crippen LogP contribution < -0.4 is 18.9 Å². The third-order valence-electron chi connectivity index (χ3n) is 1.64.